The number of hydrogen-bond acceptors (Lipinski definition) is 4. The Morgan fingerprint density at radius 2 is 2.18 bits per heavy atom. The van der Waals surface area contributed by atoms with Gasteiger partial charge in [0.05, 0.1) is 11.5 Å². The Kier molecular flexibility index (Phi) is 2.92. The fourth-order valence-electron chi connectivity index (χ4n) is 1.48. The third-order valence-electron chi connectivity index (χ3n) is 2.15. The number of benzene rings is 1. The van der Waals surface area contributed by atoms with Crippen molar-refractivity contribution < 1.29 is 17.9 Å². The van der Waals surface area contributed by atoms with Crippen LogP contribution in [-0.2, 0) is 19.6 Å². The first-order valence-electron chi connectivity index (χ1n) is 4.77. The van der Waals surface area contributed by atoms with E-state index in [0.29, 0.717) is 5.02 Å². The zero-order valence-corrected chi connectivity index (χ0v) is 10.4. The Morgan fingerprint density at radius 1 is 1.47 bits per heavy atom. The van der Waals surface area contributed by atoms with Crippen molar-refractivity contribution >= 4 is 33.3 Å². The molecule has 0 atom stereocenters. The van der Waals surface area contributed by atoms with Gasteiger partial charge in [-0.1, -0.05) is 11.6 Å². The van der Waals surface area contributed by atoms with E-state index in [4.69, 9.17) is 16.3 Å². The molecule has 7 heteroatoms. The Morgan fingerprint density at radius 3 is 2.82 bits per heavy atom. The predicted octanol–water partition coefficient (Wildman–Crippen LogP) is 1.39. The van der Waals surface area contributed by atoms with Gasteiger partial charge in [-0.05, 0) is 25.1 Å². The van der Waals surface area contributed by atoms with Crippen LogP contribution in [0.1, 0.15) is 12.5 Å². The minimum Gasteiger partial charge on any atom is -0.461 e. The first-order chi connectivity index (χ1) is 7.95. The largest absolute Gasteiger partial charge is 0.461 e. The molecule has 1 aliphatic heterocycles. The van der Waals surface area contributed by atoms with Crippen LogP contribution < -0.4 is 0 Å². The fourth-order valence-corrected chi connectivity index (χ4v) is 2.83. The molecule has 0 spiro atoms. The van der Waals surface area contributed by atoms with Gasteiger partial charge < -0.3 is 4.74 Å². The third kappa shape index (κ3) is 2.05. The molecule has 0 saturated carbocycles. The second-order valence-corrected chi connectivity index (χ2v) is 5.28. The molecule has 2 rings (SSSR count). The number of rotatable bonds is 2. The number of sulfonamides is 1. The molecule has 1 aromatic rings. The van der Waals surface area contributed by atoms with E-state index in [0.717, 1.165) is 0 Å². The molecule has 17 heavy (non-hydrogen) atoms. The zero-order chi connectivity index (χ0) is 12.6. The van der Waals surface area contributed by atoms with Gasteiger partial charge in [0.2, 0.25) is 0 Å². The van der Waals surface area contributed by atoms with Crippen LogP contribution in [0.25, 0.3) is 0 Å². The number of fused-ring (bicyclic) bond motifs is 1. The van der Waals surface area contributed by atoms with E-state index in [2.05, 4.69) is 4.40 Å². The lowest BCUT2D eigenvalue weighted by atomic mass is 10.1. The second kappa shape index (κ2) is 4.12. The second-order valence-electron chi connectivity index (χ2n) is 3.28. The summed E-state index contributed by atoms with van der Waals surface area (Å²) in [4.78, 5) is 11.5. The molecule has 1 aliphatic rings. The number of nitrogens with zero attached hydrogens (tertiary/aromatic N) is 1. The number of halogens is 1. The minimum atomic E-state index is -3.81. The highest BCUT2D eigenvalue weighted by Gasteiger charge is 2.33. The molecule has 1 aromatic carbocycles. The van der Waals surface area contributed by atoms with E-state index >= 15 is 0 Å². The quantitative estimate of drug-likeness (QED) is 0.764. The minimum absolute atomic E-state index is 0.0232. The van der Waals surface area contributed by atoms with Gasteiger partial charge in [0, 0.05) is 10.6 Å². The zero-order valence-electron chi connectivity index (χ0n) is 8.81. The lowest BCUT2D eigenvalue weighted by Crippen LogP contribution is -2.17. The number of esters is 1. The number of carbonyl (C=O) groups is 1. The van der Waals surface area contributed by atoms with Crippen molar-refractivity contribution in [3.05, 3.63) is 28.8 Å². The van der Waals surface area contributed by atoms with Crippen LogP contribution in [0.2, 0.25) is 5.02 Å². The van der Waals surface area contributed by atoms with Gasteiger partial charge in [0.25, 0.3) is 10.0 Å². The first-order valence-corrected chi connectivity index (χ1v) is 6.59. The van der Waals surface area contributed by atoms with E-state index < -0.39 is 16.0 Å². The summed E-state index contributed by atoms with van der Waals surface area (Å²) in [6.45, 7) is 1.77. The van der Waals surface area contributed by atoms with E-state index in [1.807, 2.05) is 0 Å². The average molecular weight is 274 g/mol. The molecule has 5 nitrogen and oxygen atoms in total. The number of ether oxygens (including phenoxy) is 1. The SMILES string of the molecule is CCOC(=O)C1=NS(=O)(=O)c2ccc(Cl)cc21. The summed E-state index contributed by atoms with van der Waals surface area (Å²) < 4.78 is 31.4. The monoisotopic (exact) mass is 273 g/mol. The van der Waals surface area contributed by atoms with Crippen LogP contribution in [0, 0.1) is 0 Å². The smallest absolute Gasteiger partial charge is 0.358 e. The van der Waals surface area contributed by atoms with Crippen LogP contribution in [-0.4, -0.2) is 26.7 Å². The molecule has 0 aliphatic carbocycles. The maximum absolute atomic E-state index is 11.6. The molecule has 1 heterocycles. The number of carbonyl (C=O) groups excluding carboxylic acids is 1. The van der Waals surface area contributed by atoms with Gasteiger partial charge in [0.1, 0.15) is 0 Å². The molecular formula is C10H8ClNO4S. The summed E-state index contributed by atoms with van der Waals surface area (Å²) in [6.07, 6.45) is 0. The Bertz CT molecular complexity index is 621. The molecule has 0 radical (unpaired) electrons. The van der Waals surface area contributed by atoms with Crippen molar-refractivity contribution in [3.63, 3.8) is 0 Å². The van der Waals surface area contributed by atoms with Crippen molar-refractivity contribution in [1.29, 1.82) is 0 Å². The van der Waals surface area contributed by atoms with E-state index in [1.54, 1.807) is 6.92 Å². The van der Waals surface area contributed by atoms with E-state index in [-0.39, 0.29) is 22.8 Å². The standard InChI is InChI=1S/C10H8ClNO4S/c1-2-16-10(13)9-7-5-6(11)3-4-8(7)17(14,15)12-9/h3-5H,2H2,1H3. The maximum atomic E-state index is 11.6. The van der Waals surface area contributed by atoms with Gasteiger partial charge in [-0.15, -0.1) is 0 Å². The summed E-state index contributed by atoms with van der Waals surface area (Å²) >= 11 is 5.76. The fraction of sp³-hybridized carbons (Fsp3) is 0.200. The molecule has 0 N–H and O–H groups in total. The van der Waals surface area contributed by atoms with Gasteiger partial charge in [-0.2, -0.15) is 12.8 Å². The molecule has 0 aromatic heterocycles. The van der Waals surface area contributed by atoms with Gasteiger partial charge >= 0.3 is 5.97 Å². The molecule has 90 valence electrons. The highest BCUT2D eigenvalue weighted by molar-refractivity contribution is 7.90. The van der Waals surface area contributed by atoms with Crippen molar-refractivity contribution in [2.75, 3.05) is 6.61 Å². The summed E-state index contributed by atoms with van der Waals surface area (Å²) in [7, 11) is -3.81. The summed E-state index contributed by atoms with van der Waals surface area (Å²) in [6, 6.07) is 4.14. The predicted molar refractivity (Wildman–Crippen MR) is 61.8 cm³/mol. The average Bonchev–Trinajstić information content (AvgIpc) is 2.51. The third-order valence-corrected chi connectivity index (χ3v) is 3.72. The summed E-state index contributed by atoms with van der Waals surface area (Å²) in [5.41, 5.74) is -0.0275. The maximum Gasteiger partial charge on any atom is 0.358 e. The Balaban J connectivity index is 2.59. The van der Waals surface area contributed by atoms with Crippen LogP contribution >= 0.6 is 11.6 Å². The Labute approximate surface area is 103 Å². The first kappa shape index (κ1) is 12.1. The van der Waals surface area contributed by atoms with E-state index in [9.17, 15) is 13.2 Å². The van der Waals surface area contributed by atoms with Gasteiger partial charge in [0.15, 0.2) is 5.71 Å². The normalized spacial score (nSPS) is 16.2. The lowest BCUT2D eigenvalue weighted by Gasteiger charge is -2.02. The van der Waals surface area contributed by atoms with E-state index in [1.165, 1.54) is 18.2 Å². The summed E-state index contributed by atoms with van der Waals surface area (Å²) in [5.74, 6) is -0.767. The van der Waals surface area contributed by atoms with Gasteiger partial charge in [-0.25, -0.2) is 4.79 Å². The molecular weight excluding hydrogens is 266 g/mol. The molecule has 0 amide bonds. The van der Waals surface area contributed by atoms with Crippen LogP contribution in [0.3, 0.4) is 0 Å². The van der Waals surface area contributed by atoms with Gasteiger partial charge in [-0.3, -0.25) is 0 Å². The topological polar surface area (TPSA) is 72.8 Å². The highest BCUT2D eigenvalue weighted by atomic mass is 35.5. The lowest BCUT2D eigenvalue weighted by molar-refractivity contribution is -0.134. The van der Waals surface area contributed by atoms with Crippen LogP contribution in [0.4, 0.5) is 0 Å². The van der Waals surface area contributed by atoms with Crippen molar-refractivity contribution in [2.45, 2.75) is 11.8 Å². The molecule has 0 saturated heterocycles. The summed E-state index contributed by atoms with van der Waals surface area (Å²) in [5, 5.41) is 0.331. The molecule has 0 unspecified atom stereocenters. The van der Waals surface area contributed by atoms with Crippen molar-refractivity contribution in [2.24, 2.45) is 4.40 Å². The van der Waals surface area contributed by atoms with Crippen molar-refractivity contribution in [1.82, 2.24) is 0 Å². The molecule has 0 bridgehead atoms. The molecule has 0 fully saturated rings. The van der Waals surface area contributed by atoms with Crippen LogP contribution in [0.15, 0.2) is 27.5 Å². The van der Waals surface area contributed by atoms with Crippen molar-refractivity contribution in [3.8, 4) is 0 Å². The Hall–Kier alpha value is -1.40. The van der Waals surface area contributed by atoms with Crippen LogP contribution in [0.5, 0.6) is 0 Å². The highest BCUT2D eigenvalue weighted by Crippen LogP contribution is 2.29. The number of hydrogen-bond donors (Lipinski definition) is 0.